The summed E-state index contributed by atoms with van der Waals surface area (Å²) in [7, 11) is 0. The van der Waals surface area contributed by atoms with E-state index in [1.807, 2.05) is 23.1 Å². The van der Waals surface area contributed by atoms with Crippen molar-refractivity contribution in [1.82, 2.24) is 19.4 Å². The summed E-state index contributed by atoms with van der Waals surface area (Å²) in [4.78, 5) is 22.1. The number of imidazole rings is 1. The van der Waals surface area contributed by atoms with E-state index in [4.69, 9.17) is 21.3 Å². The maximum Gasteiger partial charge on any atom is 0.251 e. The molecule has 5 rings (SSSR count). The largest absolute Gasteiger partial charge is 0.368 e. The third-order valence-electron chi connectivity index (χ3n) is 6.68. The van der Waals surface area contributed by atoms with Gasteiger partial charge in [0.2, 0.25) is 0 Å². The molecule has 7 heteroatoms. The van der Waals surface area contributed by atoms with Gasteiger partial charge < -0.3 is 14.2 Å². The minimum Gasteiger partial charge on any atom is -0.368 e. The van der Waals surface area contributed by atoms with E-state index in [9.17, 15) is 4.79 Å². The first-order valence-electron chi connectivity index (χ1n) is 11.4. The molecule has 2 fully saturated rings. The number of carbonyl (C=O) groups excluding carboxylic acids is 1. The molecule has 32 heavy (non-hydrogen) atoms. The van der Waals surface area contributed by atoms with Crippen LogP contribution in [0.4, 0.5) is 0 Å². The molecule has 6 nitrogen and oxygen atoms in total. The van der Waals surface area contributed by atoms with Gasteiger partial charge in [0.25, 0.3) is 5.91 Å². The standard InChI is InChI=1S/C25H29ClN4O2/c1-18(28-11-13-29(14-12-28)25(31)23-8-5-15-32-23)24-27-21-16-20(26)9-10-22(21)30(24)17-19-6-3-2-4-7-19/h2-4,6-7,9-10,16,18,23H,5,8,11-15,17H2,1H3/t18-,23-/m0/s1. The number of hydrogen-bond acceptors (Lipinski definition) is 4. The summed E-state index contributed by atoms with van der Waals surface area (Å²) in [6.07, 6.45) is 1.59. The van der Waals surface area contributed by atoms with Gasteiger partial charge in [-0.25, -0.2) is 4.98 Å². The SMILES string of the molecule is C[C@@H](c1nc2cc(Cl)ccc2n1Cc1ccccc1)N1CCN(C(=O)[C@@H]2CCCO2)CC1. The molecule has 2 aliphatic rings. The normalized spacial score (nSPS) is 20.7. The molecule has 0 radical (unpaired) electrons. The number of benzene rings is 2. The van der Waals surface area contributed by atoms with Crippen LogP contribution < -0.4 is 0 Å². The second kappa shape index (κ2) is 9.22. The number of piperazine rings is 1. The Hall–Kier alpha value is -2.41. The lowest BCUT2D eigenvalue weighted by Crippen LogP contribution is -2.52. The summed E-state index contributed by atoms with van der Waals surface area (Å²) in [6, 6.07) is 16.5. The Bertz CT molecular complexity index is 1090. The second-order valence-electron chi connectivity index (χ2n) is 8.71. The molecule has 0 bridgehead atoms. The minimum atomic E-state index is -0.237. The van der Waals surface area contributed by atoms with Crippen LogP contribution >= 0.6 is 11.6 Å². The number of rotatable bonds is 5. The number of fused-ring (bicyclic) bond motifs is 1. The fourth-order valence-corrected chi connectivity index (χ4v) is 5.01. The number of ether oxygens (including phenoxy) is 1. The first-order valence-corrected chi connectivity index (χ1v) is 11.8. The van der Waals surface area contributed by atoms with Gasteiger partial charge in [0, 0.05) is 44.4 Å². The van der Waals surface area contributed by atoms with Gasteiger partial charge in [-0.05, 0) is 43.5 Å². The van der Waals surface area contributed by atoms with Crippen molar-refractivity contribution >= 4 is 28.5 Å². The average Bonchev–Trinajstić information content (AvgIpc) is 3.47. The molecule has 0 N–H and O–H groups in total. The molecule has 0 aliphatic carbocycles. The molecule has 0 saturated carbocycles. The van der Waals surface area contributed by atoms with Gasteiger partial charge >= 0.3 is 0 Å². The highest BCUT2D eigenvalue weighted by atomic mass is 35.5. The van der Waals surface area contributed by atoms with Crippen LogP contribution in [-0.4, -0.2) is 64.1 Å². The summed E-state index contributed by atoms with van der Waals surface area (Å²) in [5.74, 6) is 1.19. The van der Waals surface area contributed by atoms with Crippen molar-refractivity contribution in [3.8, 4) is 0 Å². The van der Waals surface area contributed by atoms with E-state index in [0.29, 0.717) is 11.6 Å². The molecule has 3 aromatic rings. The van der Waals surface area contributed by atoms with Crippen LogP contribution in [-0.2, 0) is 16.1 Å². The summed E-state index contributed by atoms with van der Waals surface area (Å²) >= 11 is 6.26. The monoisotopic (exact) mass is 452 g/mol. The van der Waals surface area contributed by atoms with Crippen LogP contribution in [0, 0.1) is 0 Å². The van der Waals surface area contributed by atoms with Gasteiger partial charge in [-0.3, -0.25) is 9.69 Å². The predicted molar refractivity (Wildman–Crippen MR) is 126 cm³/mol. The zero-order valence-electron chi connectivity index (χ0n) is 18.4. The van der Waals surface area contributed by atoms with E-state index < -0.39 is 0 Å². The highest BCUT2D eigenvalue weighted by Gasteiger charge is 2.32. The lowest BCUT2D eigenvalue weighted by molar-refractivity contribution is -0.143. The molecule has 2 aromatic carbocycles. The van der Waals surface area contributed by atoms with Gasteiger partial charge in [-0.1, -0.05) is 41.9 Å². The third-order valence-corrected chi connectivity index (χ3v) is 6.91. The van der Waals surface area contributed by atoms with Crippen LogP contribution in [0.25, 0.3) is 11.0 Å². The van der Waals surface area contributed by atoms with E-state index in [2.05, 4.69) is 46.7 Å². The molecule has 3 heterocycles. The van der Waals surface area contributed by atoms with Crippen LogP contribution in [0.2, 0.25) is 5.02 Å². The second-order valence-corrected chi connectivity index (χ2v) is 9.15. The summed E-state index contributed by atoms with van der Waals surface area (Å²) in [6.45, 7) is 6.79. The van der Waals surface area contributed by atoms with Crippen molar-refractivity contribution in [1.29, 1.82) is 0 Å². The summed E-state index contributed by atoms with van der Waals surface area (Å²) < 4.78 is 7.90. The number of amides is 1. The molecule has 2 saturated heterocycles. The molecule has 168 valence electrons. The van der Waals surface area contributed by atoms with Crippen molar-refractivity contribution < 1.29 is 9.53 Å². The van der Waals surface area contributed by atoms with Crippen molar-refractivity contribution in [3.05, 3.63) is 64.9 Å². The van der Waals surface area contributed by atoms with Gasteiger partial charge in [0.05, 0.1) is 17.1 Å². The lowest BCUT2D eigenvalue weighted by Gasteiger charge is -2.38. The Kier molecular flexibility index (Phi) is 6.17. The fourth-order valence-electron chi connectivity index (χ4n) is 4.84. The molecule has 2 aliphatic heterocycles. The summed E-state index contributed by atoms with van der Waals surface area (Å²) in [5.41, 5.74) is 3.25. The number of nitrogens with zero attached hydrogens (tertiary/aromatic N) is 4. The van der Waals surface area contributed by atoms with Crippen LogP contribution in [0.3, 0.4) is 0 Å². The first-order chi connectivity index (χ1) is 15.6. The van der Waals surface area contributed by atoms with Crippen molar-refractivity contribution in [2.24, 2.45) is 0 Å². The maximum atomic E-state index is 12.7. The summed E-state index contributed by atoms with van der Waals surface area (Å²) in [5, 5.41) is 0.697. The quantitative estimate of drug-likeness (QED) is 0.584. The highest BCUT2D eigenvalue weighted by Crippen LogP contribution is 2.28. The number of halogens is 1. The van der Waals surface area contributed by atoms with Crippen LogP contribution in [0.5, 0.6) is 0 Å². The van der Waals surface area contributed by atoms with E-state index >= 15 is 0 Å². The van der Waals surface area contributed by atoms with E-state index in [0.717, 1.165) is 62.4 Å². The number of hydrogen-bond donors (Lipinski definition) is 0. The molecule has 0 spiro atoms. The molecule has 0 unspecified atom stereocenters. The predicted octanol–water partition coefficient (Wildman–Crippen LogP) is 4.12. The fraction of sp³-hybridized carbons (Fsp3) is 0.440. The topological polar surface area (TPSA) is 50.6 Å². The maximum absolute atomic E-state index is 12.7. The van der Waals surface area contributed by atoms with Crippen molar-refractivity contribution in [3.63, 3.8) is 0 Å². The smallest absolute Gasteiger partial charge is 0.251 e. The minimum absolute atomic E-state index is 0.130. The van der Waals surface area contributed by atoms with Gasteiger partial charge in [-0.15, -0.1) is 0 Å². The Balaban J connectivity index is 1.36. The third kappa shape index (κ3) is 4.27. The van der Waals surface area contributed by atoms with Gasteiger partial charge in [-0.2, -0.15) is 0 Å². The van der Waals surface area contributed by atoms with E-state index in [-0.39, 0.29) is 18.1 Å². The Labute approximate surface area is 193 Å². The number of aromatic nitrogens is 2. The molecule has 1 amide bonds. The van der Waals surface area contributed by atoms with Crippen molar-refractivity contribution in [2.45, 2.75) is 38.5 Å². The van der Waals surface area contributed by atoms with Gasteiger partial charge in [0.1, 0.15) is 11.9 Å². The Morgan fingerprint density at radius 2 is 1.94 bits per heavy atom. The molecular weight excluding hydrogens is 424 g/mol. The molecular formula is C25H29ClN4O2. The van der Waals surface area contributed by atoms with E-state index in [1.165, 1.54) is 5.56 Å². The number of carbonyl (C=O) groups is 1. The lowest BCUT2D eigenvalue weighted by atomic mass is 10.1. The Morgan fingerprint density at radius 3 is 2.66 bits per heavy atom. The van der Waals surface area contributed by atoms with Gasteiger partial charge in [0.15, 0.2) is 0 Å². The zero-order chi connectivity index (χ0) is 22.1. The van der Waals surface area contributed by atoms with Crippen molar-refractivity contribution in [2.75, 3.05) is 32.8 Å². The average molecular weight is 453 g/mol. The highest BCUT2D eigenvalue weighted by molar-refractivity contribution is 6.31. The van der Waals surface area contributed by atoms with Crippen LogP contribution in [0.15, 0.2) is 48.5 Å². The van der Waals surface area contributed by atoms with E-state index in [1.54, 1.807) is 0 Å². The zero-order valence-corrected chi connectivity index (χ0v) is 19.2. The molecule has 2 atom stereocenters. The molecule has 1 aromatic heterocycles. The Morgan fingerprint density at radius 1 is 1.16 bits per heavy atom. The van der Waals surface area contributed by atoms with Crippen LogP contribution in [0.1, 0.15) is 37.2 Å². The first kappa shape index (κ1) is 21.4.